The van der Waals surface area contributed by atoms with E-state index in [0.29, 0.717) is 10.2 Å². The summed E-state index contributed by atoms with van der Waals surface area (Å²) in [6.45, 7) is 0. The summed E-state index contributed by atoms with van der Waals surface area (Å²) in [7, 11) is 3.97. The molecule has 0 atom stereocenters. The maximum atomic E-state index is 11.4. The van der Waals surface area contributed by atoms with Gasteiger partial charge in [0.1, 0.15) is 17.3 Å². The first-order valence-electron chi connectivity index (χ1n) is 5.39. The van der Waals surface area contributed by atoms with E-state index < -0.39 is 17.5 Å². The summed E-state index contributed by atoms with van der Waals surface area (Å²) < 4.78 is 15.0. The van der Waals surface area contributed by atoms with Gasteiger partial charge in [0.05, 0.1) is 31.4 Å². The van der Waals surface area contributed by atoms with Gasteiger partial charge in [-0.25, -0.2) is 4.79 Å². The van der Waals surface area contributed by atoms with Crippen LogP contribution in [0.1, 0.15) is 5.56 Å². The zero-order valence-electron chi connectivity index (χ0n) is 11.1. The molecule has 7 heteroatoms. The predicted octanol–water partition coefficient (Wildman–Crippen LogP) is 2.11. The summed E-state index contributed by atoms with van der Waals surface area (Å²) in [6, 6.07) is 3.04. The number of aliphatic hydroxyl groups excluding tert-OH is 1. The van der Waals surface area contributed by atoms with E-state index in [4.69, 9.17) is 9.47 Å². The maximum absolute atomic E-state index is 11.4. The largest absolute Gasteiger partial charge is 0.507 e. The highest BCUT2D eigenvalue weighted by Gasteiger charge is 2.17. The van der Waals surface area contributed by atoms with Crippen LogP contribution in [0.25, 0.3) is 5.76 Å². The Bertz CT molecular complexity index is 564. The highest BCUT2D eigenvalue weighted by molar-refractivity contribution is 9.10. The maximum Gasteiger partial charge on any atom is 0.378 e. The summed E-state index contributed by atoms with van der Waals surface area (Å²) in [5.41, 5.74) is 0.234. The van der Waals surface area contributed by atoms with Gasteiger partial charge in [-0.3, -0.25) is 4.79 Å². The van der Waals surface area contributed by atoms with E-state index in [-0.39, 0.29) is 11.3 Å². The van der Waals surface area contributed by atoms with Crippen LogP contribution in [0.5, 0.6) is 11.5 Å². The van der Waals surface area contributed by atoms with Gasteiger partial charge in [-0.2, -0.15) is 0 Å². The van der Waals surface area contributed by atoms with Crippen molar-refractivity contribution in [3.05, 3.63) is 28.2 Å². The molecule has 108 valence electrons. The third-order valence-electron chi connectivity index (χ3n) is 2.40. The van der Waals surface area contributed by atoms with Gasteiger partial charge in [-0.05, 0) is 22.0 Å². The predicted molar refractivity (Wildman–Crippen MR) is 74.9 cm³/mol. The number of esters is 1. The lowest BCUT2D eigenvalue weighted by atomic mass is 10.1. The molecule has 0 spiro atoms. The molecule has 0 aromatic heterocycles. The van der Waals surface area contributed by atoms with Crippen molar-refractivity contribution >= 4 is 33.4 Å². The van der Waals surface area contributed by atoms with Gasteiger partial charge in [0.25, 0.3) is 5.78 Å². The van der Waals surface area contributed by atoms with Gasteiger partial charge in [-0.15, -0.1) is 0 Å². The second kappa shape index (κ2) is 6.95. The molecule has 0 unspecified atom stereocenters. The molecule has 0 aliphatic rings. The minimum Gasteiger partial charge on any atom is -0.507 e. The Labute approximate surface area is 124 Å². The fourth-order valence-corrected chi connectivity index (χ4v) is 1.93. The minimum atomic E-state index is -1.07. The molecule has 0 radical (unpaired) electrons. The fourth-order valence-electron chi connectivity index (χ4n) is 1.42. The number of hydrogen-bond acceptors (Lipinski definition) is 6. The van der Waals surface area contributed by atoms with Crippen LogP contribution in [0, 0.1) is 0 Å². The van der Waals surface area contributed by atoms with Crippen molar-refractivity contribution in [3.8, 4) is 11.5 Å². The second-order valence-electron chi connectivity index (χ2n) is 3.57. The lowest BCUT2D eigenvalue weighted by molar-refractivity contribution is -0.149. The highest BCUT2D eigenvalue weighted by atomic mass is 79.9. The molecule has 0 amide bonds. The number of methoxy groups -OCH3 is 3. The quantitative estimate of drug-likeness (QED) is 0.381. The highest BCUT2D eigenvalue weighted by Crippen LogP contribution is 2.35. The average molecular weight is 345 g/mol. The van der Waals surface area contributed by atoms with Gasteiger partial charge in [-0.1, -0.05) is 0 Å². The summed E-state index contributed by atoms with van der Waals surface area (Å²) in [5.74, 6) is -1.67. The van der Waals surface area contributed by atoms with E-state index >= 15 is 0 Å². The SMILES string of the molecule is COC(=O)C(=O)C=C(O)c1cc(Br)c(OC)cc1OC. The van der Waals surface area contributed by atoms with Crippen LogP contribution in [0.2, 0.25) is 0 Å². The van der Waals surface area contributed by atoms with Gasteiger partial charge >= 0.3 is 5.97 Å². The van der Waals surface area contributed by atoms with E-state index in [9.17, 15) is 14.7 Å². The first-order chi connectivity index (χ1) is 9.44. The topological polar surface area (TPSA) is 82.1 Å². The molecule has 0 aliphatic carbocycles. The van der Waals surface area contributed by atoms with Crippen molar-refractivity contribution in [2.24, 2.45) is 0 Å². The standard InChI is InChI=1S/C13H13BrO6/c1-18-11-6-12(19-2)8(14)4-7(11)9(15)5-10(16)13(17)20-3/h4-6,15H,1-3H3. The van der Waals surface area contributed by atoms with Crippen molar-refractivity contribution in [2.75, 3.05) is 21.3 Å². The van der Waals surface area contributed by atoms with Crippen LogP contribution in [-0.4, -0.2) is 38.2 Å². The Morgan fingerprint density at radius 3 is 2.25 bits per heavy atom. The van der Waals surface area contributed by atoms with Crippen LogP contribution >= 0.6 is 15.9 Å². The van der Waals surface area contributed by atoms with Crippen molar-refractivity contribution < 1.29 is 28.9 Å². The Hall–Kier alpha value is -2.02. The third kappa shape index (κ3) is 3.51. The van der Waals surface area contributed by atoms with Gasteiger partial charge in [0.15, 0.2) is 0 Å². The number of rotatable bonds is 5. The zero-order valence-corrected chi connectivity index (χ0v) is 12.7. The number of ketones is 1. The van der Waals surface area contributed by atoms with Gasteiger partial charge in [0.2, 0.25) is 0 Å². The average Bonchev–Trinajstić information content (AvgIpc) is 2.45. The monoisotopic (exact) mass is 344 g/mol. The molecule has 20 heavy (non-hydrogen) atoms. The lowest BCUT2D eigenvalue weighted by Crippen LogP contribution is -2.13. The molecule has 6 nitrogen and oxygen atoms in total. The zero-order chi connectivity index (χ0) is 15.3. The molecular formula is C13H13BrO6. The van der Waals surface area contributed by atoms with Crippen molar-refractivity contribution in [1.82, 2.24) is 0 Å². The van der Waals surface area contributed by atoms with Crippen LogP contribution in [0.3, 0.4) is 0 Å². The number of aliphatic hydroxyl groups is 1. The van der Waals surface area contributed by atoms with Gasteiger partial charge in [0, 0.05) is 12.1 Å². The summed E-state index contributed by atoms with van der Waals surface area (Å²) >= 11 is 3.25. The Morgan fingerprint density at radius 2 is 1.75 bits per heavy atom. The minimum absolute atomic E-state index is 0.234. The normalized spacial score (nSPS) is 10.9. The summed E-state index contributed by atoms with van der Waals surface area (Å²) in [6.07, 6.45) is 0.766. The van der Waals surface area contributed by atoms with Crippen molar-refractivity contribution in [3.63, 3.8) is 0 Å². The molecule has 0 fully saturated rings. The number of hydrogen-bond donors (Lipinski definition) is 1. The molecule has 0 saturated carbocycles. The molecule has 0 saturated heterocycles. The van der Waals surface area contributed by atoms with Crippen LogP contribution in [-0.2, 0) is 14.3 Å². The first kappa shape index (κ1) is 16.0. The van der Waals surface area contributed by atoms with Gasteiger partial charge < -0.3 is 19.3 Å². The smallest absolute Gasteiger partial charge is 0.378 e. The van der Waals surface area contributed by atoms with E-state index in [1.54, 1.807) is 0 Å². The van der Waals surface area contributed by atoms with Crippen LogP contribution in [0.4, 0.5) is 0 Å². The van der Waals surface area contributed by atoms with Crippen molar-refractivity contribution in [2.45, 2.75) is 0 Å². The Kier molecular flexibility index (Phi) is 5.57. The fraction of sp³-hybridized carbons (Fsp3) is 0.231. The van der Waals surface area contributed by atoms with E-state index in [0.717, 1.165) is 13.2 Å². The van der Waals surface area contributed by atoms with Crippen molar-refractivity contribution in [1.29, 1.82) is 0 Å². The molecule has 0 heterocycles. The summed E-state index contributed by atoms with van der Waals surface area (Å²) in [5, 5.41) is 9.93. The van der Waals surface area contributed by atoms with E-state index in [1.165, 1.54) is 26.4 Å². The molecule has 1 rings (SSSR count). The lowest BCUT2D eigenvalue weighted by Gasteiger charge is -2.11. The number of ether oxygens (including phenoxy) is 3. The van der Waals surface area contributed by atoms with Crippen LogP contribution < -0.4 is 9.47 Å². The number of benzene rings is 1. The molecule has 1 N–H and O–H groups in total. The molecule has 1 aromatic carbocycles. The second-order valence-corrected chi connectivity index (χ2v) is 4.43. The Balaban J connectivity index is 3.25. The number of halogens is 1. The number of carbonyl (C=O) groups is 2. The van der Waals surface area contributed by atoms with E-state index in [1.807, 2.05) is 0 Å². The molecule has 0 aliphatic heterocycles. The Morgan fingerprint density at radius 1 is 1.15 bits per heavy atom. The van der Waals surface area contributed by atoms with Crippen LogP contribution in [0.15, 0.2) is 22.7 Å². The number of carbonyl (C=O) groups excluding carboxylic acids is 2. The molecule has 0 bridgehead atoms. The van der Waals surface area contributed by atoms with E-state index in [2.05, 4.69) is 20.7 Å². The molecule has 1 aromatic rings. The molecular weight excluding hydrogens is 332 g/mol. The summed E-state index contributed by atoms with van der Waals surface area (Å²) in [4.78, 5) is 22.4. The third-order valence-corrected chi connectivity index (χ3v) is 3.02. The first-order valence-corrected chi connectivity index (χ1v) is 6.18.